The van der Waals surface area contributed by atoms with Crippen molar-refractivity contribution < 1.29 is 14.3 Å². The monoisotopic (exact) mass is 342 g/mol. The van der Waals surface area contributed by atoms with Crippen LogP contribution in [-0.4, -0.2) is 31.2 Å². The van der Waals surface area contributed by atoms with Crippen molar-refractivity contribution in [1.82, 2.24) is 5.32 Å². The maximum Gasteiger partial charge on any atom is 0.251 e. The summed E-state index contributed by atoms with van der Waals surface area (Å²) >= 11 is 0. The Morgan fingerprint density at radius 3 is 2.52 bits per heavy atom. The Balaban J connectivity index is 0.00000264. The number of nitrogens with two attached hydrogens (primary N) is 1. The van der Waals surface area contributed by atoms with Crippen LogP contribution in [0.1, 0.15) is 49.9 Å². The standard InChI is InChI=1S/C17H26N2O3.ClH/c1-17(2,18)11-19-16(20)12-8-9-14(15(10-12)21-3)22-13-6-4-5-7-13;/h8-10,13H,4-7,11,18H2,1-3H3,(H,19,20);1H. The van der Waals surface area contributed by atoms with Gasteiger partial charge >= 0.3 is 0 Å². The summed E-state index contributed by atoms with van der Waals surface area (Å²) in [7, 11) is 1.58. The second kappa shape index (κ2) is 8.41. The molecule has 1 saturated carbocycles. The first-order chi connectivity index (χ1) is 10.4. The van der Waals surface area contributed by atoms with Crippen LogP contribution in [0.4, 0.5) is 0 Å². The molecule has 1 aromatic carbocycles. The van der Waals surface area contributed by atoms with Gasteiger partial charge in [-0.2, -0.15) is 0 Å². The van der Waals surface area contributed by atoms with E-state index in [1.54, 1.807) is 25.3 Å². The summed E-state index contributed by atoms with van der Waals surface area (Å²) < 4.78 is 11.3. The maximum atomic E-state index is 12.2. The number of hydrogen-bond acceptors (Lipinski definition) is 4. The average molecular weight is 343 g/mol. The molecule has 1 fully saturated rings. The molecular formula is C17H27ClN2O3. The molecule has 1 aliphatic carbocycles. The number of carbonyl (C=O) groups excluding carboxylic acids is 1. The van der Waals surface area contributed by atoms with Gasteiger partial charge in [0.15, 0.2) is 11.5 Å². The highest BCUT2D eigenvalue weighted by Crippen LogP contribution is 2.32. The zero-order chi connectivity index (χ0) is 16.2. The molecule has 0 bridgehead atoms. The summed E-state index contributed by atoms with van der Waals surface area (Å²) in [5.74, 6) is 1.13. The van der Waals surface area contributed by atoms with Crippen LogP contribution in [0.5, 0.6) is 11.5 Å². The third kappa shape index (κ3) is 5.92. The Bertz CT molecular complexity index is 523. The van der Waals surface area contributed by atoms with Crippen molar-refractivity contribution in [3.05, 3.63) is 23.8 Å². The molecule has 0 aromatic heterocycles. The quantitative estimate of drug-likeness (QED) is 0.833. The zero-order valence-electron chi connectivity index (χ0n) is 14.1. The Labute approximate surface area is 144 Å². The van der Waals surface area contributed by atoms with Gasteiger partial charge < -0.3 is 20.5 Å². The number of benzene rings is 1. The van der Waals surface area contributed by atoms with Gasteiger partial charge in [-0.25, -0.2) is 0 Å². The van der Waals surface area contributed by atoms with Crippen LogP contribution in [0.2, 0.25) is 0 Å². The predicted molar refractivity (Wildman–Crippen MR) is 93.7 cm³/mol. The van der Waals surface area contributed by atoms with Crippen LogP contribution in [0, 0.1) is 0 Å². The molecule has 0 unspecified atom stereocenters. The van der Waals surface area contributed by atoms with Crippen LogP contribution in [0.3, 0.4) is 0 Å². The van der Waals surface area contributed by atoms with Gasteiger partial charge in [0.05, 0.1) is 13.2 Å². The van der Waals surface area contributed by atoms with E-state index in [0.717, 1.165) is 12.8 Å². The number of hydrogen-bond donors (Lipinski definition) is 2. The van der Waals surface area contributed by atoms with E-state index in [9.17, 15) is 4.79 Å². The Kier molecular flexibility index (Phi) is 7.16. The average Bonchev–Trinajstić information content (AvgIpc) is 2.97. The summed E-state index contributed by atoms with van der Waals surface area (Å²) in [6.07, 6.45) is 4.84. The van der Waals surface area contributed by atoms with Crippen molar-refractivity contribution in [3.8, 4) is 11.5 Å². The van der Waals surface area contributed by atoms with Crippen molar-refractivity contribution in [3.63, 3.8) is 0 Å². The minimum Gasteiger partial charge on any atom is -0.493 e. The molecule has 0 spiro atoms. The van der Waals surface area contributed by atoms with Crippen LogP contribution in [0.15, 0.2) is 18.2 Å². The molecule has 3 N–H and O–H groups in total. The predicted octanol–water partition coefficient (Wildman–Crippen LogP) is 2.91. The van der Waals surface area contributed by atoms with Gasteiger partial charge in [0.2, 0.25) is 0 Å². The lowest BCUT2D eigenvalue weighted by Crippen LogP contribution is -2.45. The Morgan fingerprint density at radius 1 is 1.30 bits per heavy atom. The van der Waals surface area contributed by atoms with E-state index in [1.165, 1.54) is 12.8 Å². The van der Waals surface area contributed by atoms with Gasteiger partial charge in [0.1, 0.15) is 0 Å². The molecule has 1 amide bonds. The van der Waals surface area contributed by atoms with E-state index in [2.05, 4.69) is 5.32 Å². The number of methoxy groups -OCH3 is 1. The van der Waals surface area contributed by atoms with Crippen LogP contribution in [0.25, 0.3) is 0 Å². The molecule has 0 heterocycles. The number of rotatable bonds is 6. The molecule has 2 rings (SSSR count). The van der Waals surface area contributed by atoms with Crippen LogP contribution in [-0.2, 0) is 0 Å². The molecule has 0 saturated heterocycles. The molecule has 130 valence electrons. The largest absolute Gasteiger partial charge is 0.493 e. The van der Waals surface area contributed by atoms with Crippen molar-refractivity contribution >= 4 is 18.3 Å². The molecule has 1 aromatic rings. The molecule has 0 aliphatic heterocycles. The van der Waals surface area contributed by atoms with Crippen LogP contribution >= 0.6 is 12.4 Å². The first-order valence-corrected chi connectivity index (χ1v) is 7.81. The minimum atomic E-state index is -0.439. The van der Waals surface area contributed by atoms with E-state index in [0.29, 0.717) is 23.6 Å². The summed E-state index contributed by atoms with van der Waals surface area (Å²) in [5, 5.41) is 2.82. The molecule has 23 heavy (non-hydrogen) atoms. The second-order valence-electron chi connectivity index (χ2n) is 6.56. The van der Waals surface area contributed by atoms with E-state index >= 15 is 0 Å². The highest BCUT2D eigenvalue weighted by molar-refractivity contribution is 5.94. The first kappa shape index (κ1) is 19.6. The normalized spacial score (nSPS) is 15.0. The molecule has 6 heteroatoms. The summed E-state index contributed by atoms with van der Waals surface area (Å²) in [6, 6.07) is 5.27. The van der Waals surface area contributed by atoms with Crippen molar-refractivity contribution in [2.75, 3.05) is 13.7 Å². The van der Waals surface area contributed by atoms with Gasteiger partial charge in [-0.1, -0.05) is 0 Å². The number of carbonyl (C=O) groups is 1. The first-order valence-electron chi connectivity index (χ1n) is 7.81. The van der Waals surface area contributed by atoms with Gasteiger partial charge in [0, 0.05) is 17.6 Å². The second-order valence-corrected chi connectivity index (χ2v) is 6.56. The fourth-order valence-electron chi connectivity index (χ4n) is 2.50. The van der Waals surface area contributed by atoms with Crippen molar-refractivity contribution in [2.24, 2.45) is 5.73 Å². The Hall–Kier alpha value is -1.46. The fourth-order valence-corrected chi connectivity index (χ4v) is 2.50. The molecule has 0 radical (unpaired) electrons. The van der Waals surface area contributed by atoms with Gasteiger partial charge in [-0.3, -0.25) is 4.79 Å². The zero-order valence-corrected chi connectivity index (χ0v) is 14.9. The number of nitrogens with one attached hydrogen (secondary N) is 1. The van der Waals surface area contributed by atoms with E-state index in [1.807, 2.05) is 13.8 Å². The SMILES string of the molecule is COc1cc(C(=O)NCC(C)(C)N)ccc1OC1CCCC1.Cl. The Morgan fingerprint density at radius 2 is 1.96 bits per heavy atom. The van der Waals surface area contributed by atoms with E-state index in [-0.39, 0.29) is 24.4 Å². The summed E-state index contributed by atoms with van der Waals surface area (Å²) in [6.45, 7) is 4.15. The molecule has 1 aliphatic rings. The number of amides is 1. The lowest BCUT2D eigenvalue weighted by molar-refractivity contribution is 0.0945. The minimum absolute atomic E-state index is 0. The van der Waals surface area contributed by atoms with E-state index in [4.69, 9.17) is 15.2 Å². The molecular weight excluding hydrogens is 316 g/mol. The molecule has 0 atom stereocenters. The van der Waals surface area contributed by atoms with Crippen molar-refractivity contribution in [1.29, 1.82) is 0 Å². The maximum absolute atomic E-state index is 12.2. The third-order valence-electron chi connectivity index (χ3n) is 3.73. The summed E-state index contributed by atoms with van der Waals surface area (Å²) in [4.78, 5) is 12.2. The fraction of sp³-hybridized carbons (Fsp3) is 0.588. The lowest BCUT2D eigenvalue weighted by atomic mass is 10.1. The van der Waals surface area contributed by atoms with E-state index < -0.39 is 5.54 Å². The number of halogens is 1. The van der Waals surface area contributed by atoms with Gasteiger partial charge in [-0.05, 0) is 57.7 Å². The van der Waals surface area contributed by atoms with Gasteiger partial charge in [0.25, 0.3) is 5.91 Å². The topological polar surface area (TPSA) is 73.6 Å². The highest BCUT2D eigenvalue weighted by Gasteiger charge is 2.20. The smallest absolute Gasteiger partial charge is 0.251 e. The lowest BCUT2D eigenvalue weighted by Gasteiger charge is -2.19. The van der Waals surface area contributed by atoms with Crippen LogP contribution < -0.4 is 20.5 Å². The van der Waals surface area contributed by atoms with Gasteiger partial charge in [-0.15, -0.1) is 12.4 Å². The highest BCUT2D eigenvalue weighted by atomic mass is 35.5. The summed E-state index contributed by atoms with van der Waals surface area (Å²) in [5.41, 5.74) is 5.98. The molecule has 5 nitrogen and oxygen atoms in total. The third-order valence-corrected chi connectivity index (χ3v) is 3.73. The van der Waals surface area contributed by atoms with Crippen molar-refractivity contribution in [2.45, 2.75) is 51.2 Å². The number of ether oxygens (including phenoxy) is 2.